The molecule has 0 atom stereocenters. The van der Waals surface area contributed by atoms with Crippen LogP contribution in [0.3, 0.4) is 0 Å². The largest absolute Gasteiger partial charge is 0.417 e. The van der Waals surface area contributed by atoms with Crippen LogP contribution in [0.2, 0.25) is 5.02 Å². The number of alkyl halides is 3. The van der Waals surface area contributed by atoms with Crippen molar-refractivity contribution in [2.75, 3.05) is 39.3 Å². The number of sulfonamides is 1. The Kier molecular flexibility index (Phi) is 6.49. The van der Waals surface area contributed by atoms with Gasteiger partial charge < -0.3 is 10.2 Å². The summed E-state index contributed by atoms with van der Waals surface area (Å²) in [6.45, 7) is 4.28. The minimum Gasteiger partial charge on any atom is -0.314 e. The number of hydrogen-bond donors (Lipinski definition) is 2. The van der Waals surface area contributed by atoms with E-state index in [-0.39, 0.29) is 11.6 Å². The Morgan fingerprint density at radius 2 is 1.92 bits per heavy atom. The van der Waals surface area contributed by atoms with Crippen LogP contribution in [0.5, 0.6) is 0 Å². The van der Waals surface area contributed by atoms with Gasteiger partial charge in [-0.05, 0) is 31.2 Å². The molecule has 0 bridgehead atoms. The van der Waals surface area contributed by atoms with Gasteiger partial charge in [0, 0.05) is 37.7 Å². The molecule has 0 saturated carbocycles. The predicted octanol–water partition coefficient (Wildman–Crippen LogP) is 1.93. The van der Waals surface area contributed by atoms with Crippen molar-refractivity contribution in [1.29, 1.82) is 0 Å². The molecule has 1 aromatic carbocycles. The van der Waals surface area contributed by atoms with E-state index < -0.39 is 26.7 Å². The van der Waals surface area contributed by atoms with Crippen molar-refractivity contribution in [3.63, 3.8) is 0 Å². The number of nitrogens with zero attached hydrogens (tertiary/aromatic N) is 1. The van der Waals surface area contributed by atoms with E-state index in [1.807, 2.05) is 0 Å². The van der Waals surface area contributed by atoms with Gasteiger partial charge in [0.1, 0.15) is 0 Å². The molecule has 2 rings (SSSR count). The third-order valence-electron chi connectivity index (χ3n) is 3.69. The Morgan fingerprint density at radius 1 is 1.25 bits per heavy atom. The van der Waals surface area contributed by atoms with Gasteiger partial charge in [-0.3, -0.25) is 0 Å². The molecule has 1 aliphatic rings. The SMILES string of the molecule is O=S(=O)(NCCCN1CCNCC1)c1ccc(Cl)cc1C(F)(F)F. The van der Waals surface area contributed by atoms with E-state index in [9.17, 15) is 21.6 Å². The van der Waals surface area contributed by atoms with Gasteiger partial charge in [0.25, 0.3) is 0 Å². The Balaban J connectivity index is 2.00. The first-order chi connectivity index (χ1) is 11.2. The fourth-order valence-corrected chi connectivity index (χ4v) is 3.93. The van der Waals surface area contributed by atoms with Crippen molar-refractivity contribution in [3.8, 4) is 0 Å². The fraction of sp³-hybridized carbons (Fsp3) is 0.571. The molecule has 5 nitrogen and oxygen atoms in total. The van der Waals surface area contributed by atoms with E-state index in [4.69, 9.17) is 11.6 Å². The molecular weight excluding hydrogens is 367 g/mol. The summed E-state index contributed by atoms with van der Waals surface area (Å²) >= 11 is 5.56. The zero-order valence-corrected chi connectivity index (χ0v) is 14.4. The van der Waals surface area contributed by atoms with Crippen LogP contribution < -0.4 is 10.0 Å². The second kappa shape index (κ2) is 8.01. The predicted molar refractivity (Wildman–Crippen MR) is 85.6 cm³/mol. The van der Waals surface area contributed by atoms with Crippen LogP contribution >= 0.6 is 11.6 Å². The van der Waals surface area contributed by atoms with Gasteiger partial charge >= 0.3 is 6.18 Å². The minimum atomic E-state index is -4.80. The average Bonchev–Trinajstić information content (AvgIpc) is 2.51. The number of benzene rings is 1. The smallest absolute Gasteiger partial charge is 0.314 e. The van der Waals surface area contributed by atoms with Gasteiger partial charge in [-0.25, -0.2) is 13.1 Å². The van der Waals surface area contributed by atoms with E-state index in [1.165, 1.54) is 0 Å². The van der Waals surface area contributed by atoms with Crippen LogP contribution in [0, 0.1) is 0 Å². The lowest BCUT2D eigenvalue weighted by Gasteiger charge is -2.27. The molecule has 2 N–H and O–H groups in total. The molecule has 136 valence electrons. The topological polar surface area (TPSA) is 61.4 Å². The van der Waals surface area contributed by atoms with Gasteiger partial charge in [-0.15, -0.1) is 0 Å². The molecule has 0 aliphatic carbocycles. The van der Waals surface area contributed by atoms with Gasteiger partial charge in [0.2, 0.25) is 10.0 Å². The molecular formula is C14H19ClF3N3O2S. The minimum absolute atomic E-state index is 0.0756. The summed E-state index contributed by atoms with van der Waals surface area (Å²) in [4.78, 5) is 1.37. The summed E-state index contributed by atoms with van der Waals surface area (Å²) in [7, 11) is -4.25. The molecule has 0 radical (unpaired) electrons. The molecule has 0 spiro atoms. The van der Waals surface area contributed by atoms with Gasteiger partial charge in [-0.1, -0.05) is 11.6 Å². The first kappa shape index (κ1) is 19.5. The second-order valence-corrected chi connectivity index (χ2v) is 7.65. The Bertz CT molecular complexity index is 662. The van der Waals surface area contributed by atoms with E-state index in [0.29, 0.717) is 19.0 Å². The molecule has 1 heterocycles. The first-order valence-corrected chi connectivity index (χ1v) is 9.36. The zero-order chi connectivity index (χ0) is 17.8. The maximum absolute atomic E-state index is 13.0. The van der Waals surface area contributed by atoms with E-state index in [2.05, 4.69) is 14.9 Å². The molecule has 0 aromatic heterocycles. The molecule has 1 fully saturated rings. The summed E-state index contributed by atoms with van der Waals surface area (Å²) in [6, 6.07) is 2.63. The monoisotopic (exact) mass is 385 g/mol. The van der Waals surface area contributed by atoms with Crippen molar-refractivity contribution in [1.82, 2.24) is 14.9 Å². The summed E-state index contributed by atoms with van der Waals surface area (Å²) in [5, 5.41) is 3.04. The normalized spacial score (nSPS) is 17.2. The molecule has 0 amide bonds. The van der Waals surface area contributed by atoms with Gasteiger partial charge in [-0.2, -0.15) is 13.2 Å². The summed E-state index contributed by atoms with van der Waals surface area (Å²) in [5.74, 6) is 0. The van der Waals surface area contributed by atoms with Crippen LogP contribution in [0.25, 0.3) is 0 Å². The Hall–Kier alpha value is -0.870. The van der Waals surface area contributed by atoms with Crippen molar-refractivity contribution < 1.29 is 21.6 Å². The molecule has 1 aliphatic heterocycles. The Morgan fingerprint density at radius 3 is 2.54 bits per heavy atom. The molecule has 10 heteroatoms. The zero-order valence-electron chi connectivity index (χ0n) is 12.9. The number of rotatable bonds is 6. The van der Waals surface area contributed by atoms with Crippen molar-refractivity contribution in [2.45, 2.75) is 17.5 Å². The summed E-state index contributed by atoms with van der Waals surface area (Å²) in [6.07, 6.45) is -4.27. The van der Waals surface area contributed by atoms with E-state index in [1.54, 1.807) is 0 Å². The molecule has 1 aromatic rings. The third-order valence-corrected chi connectivity index (χ3v) is 5.44. The van der Waals surface area contributed by atoms with Crippen molar-refractivity contribution in [3.05, 3.63) is 28.8 Å². The summed E-state index contributed by atoms with van der Waals surface area (Å²) in [5.41, 5.74) is -1.26. The number of piperazine rings is 1. The maximum atomic E-state index is 13.0. The fourth-order valence-electron chi connectivity index (χ4n) is 2.48. The van der Waals surface area contributed by atoms with E-state index in [0.717, 1.165) is 38.3 Å². The highest BCUT2D eigenvalue weighted by atomic mass is 35.5. The second-order valence-electron chi connectivity index (χ2n) is 5.48. The lowest BCUT2D eigenvalue weighted by Crippen LogP contribution is -2.44. The van der Waals surface area contributed by atoms with Gasteiger partial charge in [0.05, 0.1) is 10.5 Å². The van der Waals surface area contributed by atoms with Crippen LogP contribution in [-0.2, 0) is 16.2 Å². The van der Waals surface area contributed by atoms with Crippen molar-refractivity contribution >= 4 is 21.6 Å². The number of nitrogens with one attached hydrogen (secondary N) is 2. The standard InChI is InChI=1S/C14H19ClF3N3O2S/c15-11-2-3-13(12(10-11)14(16,17)18)24(22,23)20-4-1-7-21-8-5-19-6-9-21/h2-3,10,19-20H,1,4-9H2. The lowest BCUT2D eigenvalue weighted by molar-refractivity contribution is -0.139. The first-order valence-electron chi connectivity index (χ1n) is 7.49. The van der Waals surface area contributed by atoms with Crippen molar-refractivity contribution in [2.24, 2.45) is 0 Å². The average molecular weight is 386 g/mol. The van der Waals surface area contributed by atoms with Crippen LogP contribution in [0.1, 0.15) is 12.0 Å². The van der Waals surface area contributed by atoms with E-state index >= 15 is 0 Å². The van der Waals surface area contributed by atoms with Crippen LogP contribution in [-0.4, -0.2) is 52.6 Å². The third kappa shape index (κ3) is 5.32. The van der Waals surface area contributed by atoms with Crippen LogP contribution in [0.15, 0.2) is 23.1 Å². The summed E-state index contributed by atoms with van der Waals surface area (Å²) < 4.78 is 65.7. The molecule has 1 saturated heterocycles. The number of halogens is 4. The van der Waals surface area contributed by atoms with Crippen LogP contribution in [0.4, 0.5) is 13.2 Å². The Labute approximate surface area is 144 Å². The molecule has 0 unspecified atom stereocenters. The van der Waals surface area contributed by atoms with Gasteiger partial charge in [0.15, 0.2) is 0 Å². The maximum Gasteiger partial charge on any atom is 0.417 e. The highest BCUT2D eigenvalue weighted by molar-refractivity contribution is 7.89. The highest BCUT2D eigenvalue weighted by Gasteiger charge is 2.37. The lowest BCUT2D eigenvalue weighted by atomic mass is 10.2. The highest BCUT2D eigenvalue weighted by Crippen LogP contribution is 2.35. The molecule has 24 heavy (non-hydrogen) atoms. The number of hydrogen-bond acceptors (Lipinski definition) is 4. The quantitative estimate of drug-likeness (QED) is 0.735.